The van der Waals surface area contributed by atoms with Crippen molar-refractivity contribution in [3.05, 3.63) is 59.4 Å². The number of nitrogens with one attached hydrogen (secondary N) is 1. The molecule has 0 radical (unpaired) electrons. The molecule has 178 valence electrons. The topological polar surface area (TPSA) is 102 Å². The molecule has 0 saturated carbocycles. The van der Waals surface area contributed by atoms with Gasteiger partial charge in [-0.3, -0.25) is 4.79 Å². The third-order valence-electron chi connectivity index (χ3n) is 5.36. The summed E-state index contributed by atoms with van der Waals surface area (Å²) in [6.07, 6.45) is 0.947. The summed E-state index contributed by atoms with van der Waals surface area (Å²) >= 11 is 0. The van der Waals surface area contributed by atoms with Gasteiger partial charge in [-0.15, -0.1) is 0 Å². The Morgan fingerprint density at radius 2 is 1.79 bits per heavy atom. The van der Waals surface area contributed by atoms with E-state index in [1.807, 2.05) is 0 Å². The van der Waals surface area contributed by atoms with E-state index in [9.17, 15) is 22.4 Å². The Morgan fingerprint density at radius 1 is 1.12 bits per heavy atom. The molecule has 33 heavy (non-hydrogen) atoms. The summed E-state index contributed by atoms with van der Waals surface area (Å²) in [7, 11) is -2.47. The van der Waals surface area contributed by atoms with Crippen LogP contribution in [0.2, 0.25) is 0 Å². The van der Waals surface area contributed by atoms with Gasteiger partial charge in [-0.25, -0.2) is 17.6 Å². The lowest BCUT2D eigenvalue weighted by molar-refractivity contribution is -0.129. The first-order valence-electron chi connectivity index (χ1n) is 10.6. The molecule has 1 N–H and O–H groups in total. The molecule has 1 amide bonds. The molecular formula is C23H27FN2O6S. The van der Waals surface area contributed by atoms with E-state index in [0.29, 0.717) is 19.5 Å². The average molecular weight is 479 g/mol. The highest BCUT2D eigenvalue weighted by Crippen LogP contribution is 2.30. The van der Waals surface area contributed by atoms with Crippen LogP contribution in [0, 0.1) is 5.82 Å². The van der Waals surface area contributed by atoms with Gasteiger partial charge in [0.1, 0.15) is 16.5 Å². The number of halogens is 1. The molecule has 0 aliphatic carbocycles. The monoisotopic (exact) mass is 478 g/mol. The third kappa shape index (κ3) is 6.08. The molecule has 1 unspecified atom stereocenters. The van der Waals surface area contributed by atoms with Crippen LogP contribution in [-0.4, -0.2) is 57.4 Å². The SMILES string of the molecule is COc1ccc(C(=O)OC(C)C(=O)NCCc2ccc(F)cc2)cc1S(=O)(=O)N1CCCC1. The van der Waals surface area contributed by atoms with Crippen molar-refractivity contribution in [2.75, 3.05) is 26.7 Å². The summed E-state index contributed by atoms with van der Waals surface area (Å²) < 4.78 is 50.7. The fraction of sp³-hybridized carbons (Fsp3) is 0.391. The number of rotatable bonds is 9. The molecule has 10 heteroatoms. The first-order valence-corrected chi connectivity index (χ1v) is 12.1. The molecule has 2 aromatic carbocycles. The van der Waals surface area contributed by atoms with E-state index in [2.05, 4.69) is 5.32 Å². The van der Waals surface area contributed by atoms with Crippen LogP contribution < -0.4 is 10.1 Å². The van der Waals surface area contributed by atoms with Crippen LogP contribution >= 0.6 is 0 Å². The predicted octanol–water partition coefficient (Wildman–Crippen LogP) is 2.52. The van der Waals surface area contributed by atoms with Crippen molar-refractivity contribution in [3.8, 4) is 5.75 Å². The highest BCUT2D eigenvalue weighted by Gasteiger charge is 2.31. The van der Waals surface area contributed by atoms with Gasteiger partial charge in [0.15, 0.2) is 6.10 Å². The van der Waals surface area contributed by atoms with Crippen LogP contribution in [0.3, 0.4) is 0 Å². The van der Waals surface area contributed by atoms with Crippen molar-refractivity contribution in [2.24, 2.45) is 0 Å². The molecule has 0 spiro atoms. The Hall–Kier alpha value is -2.98. The van der Waals surface area contributed by atoms with E-state index in [1.165, 1.54) is 48.7 Å². The summed E-state index contributed by atoms with van der Waals surface area (Å²) in [6.45, 7) is 2.54. The predicted molar refractivity (Wildman–Crippen MR) is 119 cm³/mol. The molecule has 1 aliphatic heterocycles. The number of ether oxygens (including phenoxy) is 2. The van der Waals surface area contributed by atoms with Crippen LogP contribution in [0.4, 0.5) is 4.39 Å². The first-order chi connectivity index (χ1) is 15.7. The van der Waals surface area contributed by atoms with E-state index in [1.54, 1.807) is 12.1 Å². The van der Waals surface area contributed by atoms with Crippen molar-refractivity contribution in [1.29, 1.82) is 0 Å². The van der Waals surface area contributed by atoms with Crippen LogP contribution in [0.1, 0.15) is 35.7 Å². The zero-order valence-electron chi connectivity index (χ0n) is 18.5. The largest absolute Gasteiger partial charge is 0.495 e. The fourth-order valence-corrected chi connectivity index (χ4v) is 5.18. The van der Waals surface area contributed by atoms with Crippen molar-refractivity contribution >= 4 is 21.9 Å². The second-order valence-electron chi connectivity index (χ2n) is 7.69. The van der Waals surface area contributed by atoms with E-state index >= 15 is 0 Å². The third-order valence-corrected chi connectivity index (χ3v) is 7.28. The summed E-state index contributed by atoms with van der Waals surface area (Å²) in [4.78, 5) is 24.8. The van der Waals surface area contributed by atoms with Crippen molar-refractivity contribution in [2.45, 2.75) is 37.2 Å². The van der Waals surface area contributed by atoms with E-state index in [-0.39, 0.29) is 28.6 Å². The number of esters is 1. The number of sulfonamides is 1. The van der Waals surface area contributed by atoms with E-state index < -0.39 is 28.0 Å². The quantitative estimate of drug-likeness (QED) is 0.556. The molecular weight excluding hydrogens is 451 g/mol. The summed E-state index contributed by atoms with van der Waals surface area (Å²) in [6, 6.07) is 9.94. The van der Waals surface area contributed by atoms with Crippen molar-refractivity contribution in [1.82, 2.24) is 9.62 Å². The van der Waals surface area contributed by atoms with Crippen LogP contribution in [0.25, 0.3) is 0 Å². The lowest BCUT2D eigenvalue weighted by atomic mass is 10.1. The van der Waals surface area contributed by atoms with Crippen LogP contribution in [0.5, 0.6) is 5.75 Å². The molecule has 3 rings (SSSR count). The zero-order chi connectivity index (χ0) is 24.0. The van der Waals surface area contributed by atoms with Gasteiger partial charge in [0.25, 0.3) is 5.91 Å². The van der Waals surface area contributed by atoms with Gasteiger partial charge in [0.2, 0.25) is 10.0 Å². The highest BCUT2D eigenvalue weighted by molar-refractivity contribution is 7.89. The zero-order valence-corrected chi connectivity index (χ0v) is 19.4. The number of methoxy groups -OCH3 is 1. The summed E-state index contributed by atoms with van der Waals surface area (Å²) in [5.74, 6) is -1.52. The fourth-order valence-electron chi connectivity index (χ4n) is 3.48. The van der Waals surface area contributed by atoms with Crippen LogP contribution in [-0.2, 0) is 26.0 Å². The molecule has 0 aromatic heterocycles. The smallest absolute Gasteiger partial charge is 0.338 e. The Kier molecular flexibility index (Phi) is 8.04. The number of nitrogens with zero attached hydrogens (tertiary/aromatic N) is 1. The Morgan fingerprint density at radius 3 is 2.42 bits per heavy atom. The maximum absolute atomic E-state index is 13.0. The second-order valence-corrected chi connectivity index (χ2v) is 9.60. The van der Waals surface area contributed by atoms with Crippen molar-refractivity contribution < 1.29 is 31.9 Å². The maximum Gasteiger partial charge on any atom is 0.338 e. The van der Waals surface area contributed by atoms with Gasteiger partial charge < -0.3 is 14.8 Å². The summed E-state index contributed by atoms with van der Waals surface area (Å²) in [5.41, 5.74) is 0.853. The lowest BCUT2D eigenvalue weighted by Gasteiger charge is -2.18. The van der Waals surface area contributed by atoms with E-state index in [0.717, 1.165) is 18.4 Å². The highest BCUT2D eigenvalue weighted by atomic mass is 32.2. The average Bonchev–Trinajstić information content (AvgIpc) is 3.35. The van der Waals surface area contributed by atoms with Gasteiger partial charge in [-0.2, -0.15) is 4.31 Å². The van der Waals surface area contributed by atoms with E-state index in [4.69, 9.17) is 9.47 Å². The van der Waals surface area contributed by atoms with Gasteiger partial charge in [-0.05, 0) is 62.1 Å². The molecule has 1 saturated heterocycles. The molecule has 2 aromatic rings. The molecule has 8 nitrogen and oxygen atoms in total. The second kappa shape index (κ2) is 10.8. The number of hydrogen-bond acceptors (Lipinski definition) is 6. The molecule has 1 heterocycles. The molecule has 0 bridgehead atoms. The number of carbonyl (C=O) groups is 2. The number of hydrogen-bond donors (Lipinski definition) is 1. The van der Waals surface area contributed by atoms with Gasteiger partial charge in [-0.1, -0.05) is 12.1 Å². The number of amides is 1. The number of benzene rings is 2. The van der Waals surface area contributed by atoms with Crippen molar-refractivity contribution in [3.63, 3.8) is 0 Å². The summed E-state index contributed by atoms with van der Waals surface area (Å²) in [5, 5.41) is 2.66. The van der Waals surface area contributed by atoms with Gasteiger partial charge >= 0.3 is 5.97 Å². The van der Waals surface area contributed by atoms with Gasteiger partial charge in [0, 0.05) is 19.6 Å². The Labute approximate surface area is 192 Å². The minimum absolute atomic E-state index is 0.000431. The first kappa shape index (κ1) is 24.7. The molecule has 1 atom stereocenters. The normalized spacial score (nSPS) is 15.1. The Bertz CT molecular complexity index is 1100. The minimum atomic E-state index is -3.83. The number of carbonyl (C=O) groups excluding carboxylic acids is 2. The maximum atomic E-state index is 13.0. The lowest BCUT2D eigenvalue weighted by Crippen LogP contribution is -2.37. The standard InChI is InChI=1S/C23H27FN2O6S/c1-16(22(27)25-12-11-17-5-8-19(24)9-6-17)32-23(28)18-7-10-20(31-2)21(15-18)33(29,30)26-13-3-4-14-26/h5-10,15-16H,3-4,11-14H2,1-2H3,(H,25,27). The molecule has 1 fully saturated rings. The Balaban J connectivity index is 1.62. The van der Waals surface area contributed by atoms with Gasteiger partial charge in [0.05, 0.1) is 12.7 Å². The minimum Gasteiger partial charge on any atom is -0.495 e. The van der Waals surface area contributed by atoms with Crippen LogP contribution in [0.15, 0.2) is 47.4 Å². The molecule has 1 aliphatic rings.